The Labute approximate surface area is 155 Å². The molecule has 1 saturated heterocycles. The van der Waals surface area contributed by atoms with Crippen LogP contribution >= 0.6 is 23.2 Å². The zero-order chi connectivity index (χ0) is 17.8. The summed E-state index contributed by atoms with van der Waals surface area (Å²) in [6.45, 7) is 2.84. The maximum absolute atomic E-state index is 12.3. The Morgan fingerprint density at radius 2 is 1.88 bits per heavy atom. The molecular weight excluding hydrogens is 363 g/mol. The fourth-order valence-electron chi connectivity index (χ4n) is 2.57. The highest BCUT2D eigenvalue weighted by molar-refractivity contribution is 6.35. The van der Waals surface area contributed by atoms with Crippen LogP contribution in [0.4, 0.5) is 11.4 Å². The predicted octanol–water partition coefficient (Wildman–Crippen LogP) is 2.92. The van der Waals surface area contributed by atoms with Gasteiger partial charge >= 0.3 is 0 Å². The molecule has 1 aromatic heterocycles. The van der Waals surface area contributed by atoms with E-state index in [1.165, 1.54) is 0 Å². The normalized spacial score (nSPS) is 14.3. The Kier molecular flexibility index (Phi) is 5.40. The van der Waals surface area contributed by atoms with E-state index in [0.717, 1.165) is 25.2 Å². The van der Waals surface area contributed by atoms with Crippen molar-refractivity contribution >= 4 is 46.9 Å². The van der Waals surface area contributed by atoms with Crippen molar-refractivity contribution in [3.8, 4) is 0 Å². The van der Waals surface area contributed by atoms with Crippen molar-refractivity contribution in [1.82, 2.24) is 9.88 Å². The molecule has 2 amide bonds. The topological polar surface area (TPSA) is 65.5 Å². The molecular formula is C17H16Cl2N4O2. The van der Waals surface area contributed by atoms with Gasteiger partial charge in [-0.05, 0) is 30.3 Å². The Bertz CT molecular complexity index is 775. The summed E-state index contributed by atoms with van der Waals surface area (Å²) < 4.78 is 0. The highest BCUT2D eigenvalue weighted by Gasteiger charge is 2.17. The quantitative estimate of drug-likeness (QED) is 0.830. The number of carbonyl (C=O) groups is 2. The molecule has 0 bridgehead atoms. The predicted molar refractivity (Wildman–Crippen MR) is 98.5 cm³/mol. The number of hydrogen-bond donors (Lipinski definition) is 1. The van der Waals surface area contributed by atoms with Crippen molar-refractivity contribution in [3.05, 3.63) is 52.3 Å². The van der Waals surface area contributed by atoms with E-state index >= 15 is 0 Å². The van der Waals surface area contributed by atoms with Crippen LogP contribution in [0.2, 0.25) is 10.0 Å². The van der Waals surface area contributed by atoms with Crippen LogP contribution in [0.1, 0.15) is 10.5 Å². The van der Waals surface area contributed by atoms with Gasteiger partial charge in [-0.25, -0.2) is 4.98 Å². The summed E-state index contributed by atoms with van der Waals surface area (Å²) >= 11 is 12.0. The lowest BCUT2D eigenvalue weighted by Crippen LogP contribution is -2.45. The Hall–Kier alpha value is -2.31. The molecule has 25 heavy (non-hydrogen) atoms. The van der Waals surface area contributed by atoms with Gasteiger partial charge in [-0.1, -0.05) is 23.2 Å². The number of pyridine rings is 1. The van der Waals surface area contributed by atoms with Gasteiger partial charge in [0.15, 0.2) is 0 Å². The molecule has 2 heterocycles. The van der Waals surface area contributed by atoms with Crippen molar-refractivity contribution in [2.45, 2.75) is 0 Å². The summed E-state index contributed by atoms with van der Waals surface area (Å²) in [6.07, 6.45) is 2.52. The number of nitrogens with zero attached hydrogens (tertiary/aromatic N) is 3. The second kappa shape index (κ2) is 7.72. The number of piperazine rings is 1. The van der Waals surface area contributed by atoms with E-state index in [4.69, 9.17) is 23.2 Å². The van der Waals surface area contributed by atoms with Crippen molar-refractivity contribution in [2.24, 2.45) is 0 Å². The van der Waals surface area contributed by atoms with Gasteiger partial charge in [-0.15, -0.1) is 0 Å². The van der Waals surface area contributed by atoms with Crippen LogP contribution in [-0.2, 0) is 4.79 Å². The van der Waals surface area contributed by atoms with E-state index in [-0.39, 0.29) is 11.6 Å². The Balaban J connectivity index is 1.66. The fraction of sp³-hybridized carbons (Fsp3) is 0.235. The van der Waals surface area contributed by atoms with Crippen molar-refractivity contribution in [1.29, 1.82) is 0 Å². The average Bonchev–Trinajstić information content (AvgIpc) is 2.65. The van der Waals surface area contributed by atoms with Gasteiger partial charge in [0.05, 0.1) is 22.6 Å². The molecule has 1 N–H and O–H groups in total. The summed E-state index contributed by atoms with van der Waals surface area (Å²) in [6, 6.07) is 8.36. The van der Waals surface area contributed by atoms with Crippen LogP contribution < -0.4 is 10.2 Å². The van der Waals surface area contributed by atoms with Crippen molar-refractivity contribution in [3.63, 3.8) is 0 Å². The summed E-state index contributed by atoms with van der Waals surface area (Å²) in [4.78, 5) is 31.2. The summed E-state index contributed by atoms with van der Waals surface area (Å²) in [5, 5.41) is 3.59. The first-order valence-corrected chi connectivity index (χ1v) is 8.49. The maximum atomic E-state index is 12.3. The third kappa shape index (κ3) is 4.21. The van der Waals surface area contributed by atoms with Crippen LogP contribution in [0, 0.1) is 0 Å². The minimum Gasteiger partial charge on any atom is -0.367 e. The third-order valence-electron chi connectivity index (χ3n) is 3.99. The second-order valence-corrected chi connectivity index (χ2v) is 6.45. The Morgan fingerprint density at radius 1 is 1.12 bits per heavy atom. The third-order valence-corrected chi connectivity index (χ3v) is 4.55. The van der Waals surface area contributed by atoms with Crippen molar-refractivity contribution < 1.29 is 9.59 Å². The fourth-order valence-corrected chi connectivity index (χ4v) is 2.91. The number of aromatic nitrogens is 1. The molecule has 1 fully saturated rings. The average molecular weight is 379 g/mol. The van der Waals surface area contributed by atoms with E-state index < -0.39 is 0 Å². The minimum absolute atomic E-state index is 0.284. The number of rotatable bonds is 4. The number of nitrogens with one attached hydrogen (secondary N) is 1. The molecule has 1 aliphatic heterocycles. The lowest BCUT2D eigenvalue weighted by molar-refractivity contribution is -0.118. The summed E-state index contributed by atoms with van der Waals surface area (Å²) in [5.41, 5.74) is 1.64. The van der Waals surface area contributed by atoms with Gasteiger partial charge in [0.1, 0.15) is 5.69 Å². The molecule has 6 nitrogen and oxygen atoms in total. The van der Waals surface area contributed by atoms with E-state index in [1.54, 1.807) is 35.4 Å². The van der Waals surface area contributed by atoms with E-state index in [0.29, 0.717) is 28.8 Å². The molecule has 0 aliphatic carbocycles. The Morgan fingerprint density at radius 3 is 2.52 bits per heavy atom. The van der Waals surface area contributed by atoms with Crippen LogP contribution in [-0.4, -0.2) is 48.4 Å². The molecule has 1 aliphatic rings. The molecule has 1 aromatic carbocycles. The first kappa shape index (κ1) is 17.5. The summed E-state index contributed by atoms with van der Waals surface area (Å²) in [5.74, 6) is -0.360. The first-order chi connectivity index (χ1) is 12.1. The molecule has 2 aromatic rings. The molecule has 0 unspecified atom stereocenters. The monoisotopic (exact) mass is 378 g/mol. The van der Waals surface area contributed by atoms with Crippen LogP contribution in [0.25, 0.3) is 0 Å². The standard InChI is InChI=1S/C17H16Cl2N4O2/c18-12-1-3-14(19)16(9-12)21-17(25)15-4-2-13(10-20-15)23-7-5-22(11-24)6-8-23/h1-4,9-11H,5-8H2,(H,21,25). The molecule has 8 heteroatoms. The van der Waals surface area contributed by atoms with Crippen LogP contribution in [0.3, 0.4) is 0 Å². The van der Waals surface area contributed by atoms with Crippen molar-refractivity contribution in [2.75, 3.05) is 36.4 Å². The molecule has 130 valence electrons. The SMILES string of the molecule is O=CN1CCN(c2ccc(C(=O)Nc3cc(Cl)ccc3Cl)nc2)CC1. The van der Waals surface area contributed by atoms with Gasteiger partial charge in [0.25, 0.3) is 5.91 Å². The molecule has 0 radical (unpaired) electrons. The molecule has 0 spiro atoms. The molecule has 0 saturated carbocycles. The van der Waals surface area contributed by atoms with Gasteiger partial charge in [0.2, 0.25) is 6.41 Å². The lowest BCUT2D eigenvalue weighted by Gasteiger charge is -2.33. The number of carbonyl (C=O) groups excluding carboxylic acids is 2. The van der Waals surface area contributed by atoms with E-state index in [2.05, 4.69) is 15.2 Å². The van der Waals surface area contributed by atoms with Gasteiger partial charge in [0, 0.05) is 31.2 Å². The van der Waals surface area contributed by atoms with Gasteiger partial charge in [-0.3, -0.25) is 9.59 Å². The van der Waals surface area contributed by atoms with Gasteiger partial charge < -0.3 is 15.1 Å². The lowest BCUT2D eigenvalue weighted by atomic mass is 10.2. The highest BCUT2D eigenvalue weighted by atomic mass is 35.5. The smallest absolute Gasteiger partial charge is 0.274 e. The van der Waals surface area contributed by atoms with Crippen LogP contribution in [0.5, 0.6) is 0 Å². The first-order valence-electron chi connectivity index (χ1n) is 7.73. The number of halogens is 2. The zero-order valence-electron chi connectivity index (χ0n) is 13.3. The van der Waals surface area contributed by atoms with Crippen LogP contribution in [0.15, 0.2) is 36.5 Å². The summed E-state index contributed by atoms with van der Waals surface area (Å²) in [7, 11) is 0. The molecule has 3 rings (SSSR count). The number of hydrogen-bond acceptors (Lipinski definition) is 4. The number of amides is 2. The zero-order valence-corrected chi connectivity index (χ0v) is 14.8. The maximum Gasteiger partial charge on any atom is 0.274 e. The van der Waals surface area contributed by atoms with E-state index in [1.807, 2.05) is 6.07 Å². The van der Waals surface area contributed by atoms with E-state index in [9.17, 15) is 9.59 Å². The van der Waals surface area contributed by atoms with Gasteiger partial charge in [-0.2, -0.15) is 0 Å². The second-order valence-electron chi connectivity index (χ2n) is 5.61. The highest BCUT2D eigenvalue weighted by Crippen LogP contribution is 2.26. The largest absolute Gasteiger partial charge is 0.367 e. The number of benzene rings is 1. The number of anilines is 2. The molecule has 0 atom stereocenters. The minimum atomic E-state index is -0.360.